The Kier molecular flexibility index (Phi) is 3.24. The minimum absolute atomic E-state index is 0.581. The smallest absolute Gasteiger partial charge is 0.0360 e. The van der Waals surface area contributed by atoms with Gasteiger partial charge < -0.3 is 5.73 Å². The van der Waals surface area contributed by atoms with Gasteiger partial charge >= 0.3 is 0 Å². The standard InChI is InChI=1S/C12H12BrNS/c1-8-2-3-9(5-14)10(4-8)11-6-15-7-12(11)13/h2-4,6-7H,5,14H2,1H3. The summed E-state index contributed by atoms with van der Waals surface area (Å²) >= 11 is 5.26. The van der Waals surface area contributed by atoms with Gasteiger partial charge in [-0.3, -0.25) is 0 Å². The summed E-state index contributed by atoms with van der Waals surface area (Å²) in [5, 5.41) is 4.25. The van der Waals surface area contributed by atoms with Crippen LogP contribution < -0.4 is 5.73 Å². The molecule has 2 aromatic rings. The topological polar surface area (TPSA) is 26.0 Å². The molecular weight excluding hydrogens is 270 g/mol. The van der Waals surface area contributed by atoms with Crippen LogP contribution >= 0.6 is 27.3 Å². The molecule has 0 radical (unpaired) electrons. The third-order valence-corrected chi connectivity index (χ3v) is 4.09. The lowest BCUT2D eigenvalue weighted by atomic mass is 10.00. The summed E-state index contributed by atoms with van der Waals surface area (Å²) in [5.74, 6) is 0. The fraction of sp³-hybridized carbons (Fsp3) is 0.167. The van der Waals surface area contributed by atoms with Crippen LogP contribution in [0.3, 0.4) is 0 Å². The van der Waals surface area contributed by atoms with Crippen LogP contribution in [0.5, 0.6) is 0 Å². The fourth-order valence-corrected chi connectivity index (χ4v) is 3.10. The van der Waals surface area contributed by atoms with Crippen LogP contribution in [0.2, 0.25) is 0 Å². The van der Waals surface area contributed by atoms with Gasteiger partial charge in [0.1, 0.15) is 0 Å². The molecule has 2 N–H and O–H groups in total. The van der Waals surface area contributed by atoms with E-state index in [4.69, 9.17) is 5.73 Å². The van der Waals surface area contributed by atoms with E-state index in [0.29, 0.717) is 6.54 Å². The van der Waals surface area contributed by atoms with Crippen molar-refractivity contribution in [2.24, 2.45) is 5.73 Å². The fourth-order valence-electron chi connectivity index (χ4n) is 1.59. The molecule has 0 unspecified atom stereocenters. The molecule has 15 heavy (non-hydrogen) atoms. The maximum Gasteiger partial charge on any atom is 0.0360 e. The van der Waals surface area contributed by atoms with Crippen LogP contribution in [0.25, 0.3) is 11.1 Å². The van der Waals surface area contributed by atoms with E-state index < -0.39 is 0 Å². The van der Waals surface area contributed by atoms with Crippen LogP contribution in [-0.2, 0) is 6.54 Å². The van der Waals surface area contributed by atoms with Gasteiger partial charge in [-0.05, 0) is 39.4 Å². The molecule has 0 amide bonds. The lowest BCUT2D eigenvalue weighted by Crippen LogP contribution is -1.99. The van der Waals surface area contributed by atoms with Gasteiger partial charge in [-0.15, -0.1) is 0 Å². The van der Waals surface area contributed by atoms with Gasteiger partial charge in [-0.1, -0.05) is 23.8 Å². The van der Waals surface area contributed by atoms with E-state index in [-0.39, 0.29) is 0 Å². The quantitative estimate of drug-likeness (QED) is 0.887. The first-order chi connectivity index (χ1) is 7.22. The third-order valence-electron chi connectivity index (χ3n) is 2.39. The molecule has 78 valence electrons. The minimum Gasteiger partial charge on any atom is -0.326 e. The van der Waals surface area contributed by atoms with Gasteiger partial charge in [-0.25, -0.2) is 0 Å². The number of hydrogen-bond donors (Lipinski definition) is 1. The molecule has 0 spiro atoms. The number of aryl methyl sites for hydroxylation is 1. The summed E-state index contributed by atoms with van der Waals surface area (Å²) < 4.78 is 1.15. The van der Waals surface area contributed by atoms with Crippen LogP contribution in [0, 0.1) is 6.92 Å². The molecule has 1 heterocycles. The molecule has 0 saturated carbocycles. The van der Waals surface area contributed by atoms with Crippen molar-refractivity contribution in [3.05, 3.63) is 44.6 Å². The molecule has 0 aliphatic carbocycles. The van der Waals surface area contributed by atoms with Crippen LogP contribution in [0.15, 0.2) is 33.4 Å². The lowest BCUT2D eigenvalue weighted by molar-refractivity contribution is 1.07. The first-order valence-electron chi connectivity index (χ1n) is 4.74. The average Bonchev–Trinajstić information content (AvgIpc) is 2.64. The van der Waals surface area contributed by atoms with E-state index in [9.17, 15) is 0 Å². The lowest BCUT2D eigenvalue weighted by Gasteiger charge is -2.08. The second kappa shape index (κ2) is 4.47. The van der Waals surface area contributed by atoms with Crippen molar-refractivity contribution in [2.75, 3.05) is 0 Å². The number of nitrogens with two attached hydrogens (primary N) is 1. The molecule has 0 aliphatic heterocycles. The Hall–Kier alpha value is -0.640. The predicted octanol–water partition coefficient (Wildman–Crippen LogP) is 3.94. The molecule has 3 heteroatoms. The van der Waals surface area contributed by atoms with Gasteiger partial charge in [0.15, 0.2) is 0 Å². The first-order valence-corrected chi connectivity index (χ1v) is 6.47. The molecule has 0 saturated heterocycles. The maximum atomic E-state index is 5.74. The van der Waals surface area contributed by atoms with Gasteiger partial charge in [0.2, 0.25) is 0 Å². The number of halogens is 1. The van der Waals surface area contributed by atoms with E-state index in [1.807, 2.05) is 0 Å². The summed E-state index contributed by atoms with van der Waals surface area (Å²) in [6.07, 6.45) is 0. The van der Waals surface area contributed by atoms with Gasteiger partial charge in [0, 0.05) is 22.0 Å². The highest BCUT2D eigenvalue weighted by atomic mass is 79.9. The zero-order chi connectivity index (χ0) is 10.8. The highest BCUT2D eigenvalue weighted by molar-refractivity contribution is 9.10. The average molecular weight is 282 g/mol. The highest BCUT2D eigenvalue weighted by Gasteiger charge is 2.08. The van der Waals surface area contributed by atoms with E-state index in [1.54, 1.807) is 11.3 Å². The Morgan fingerprint density at radius 2 is 2.07 bits per heavy atom. The van der Waals surface area contributed by atoms with Gasteiger partial charge in [-0.2, -0.15) is 11.3 Å². The molecule has 1 aromatic carbocycles. The minimum atomic E-state index is 0.581. The van der Waals surface area contributed by atoms with Crippen molar-refractivity contribution < 1.29 is 0 Å². The zero-order valence-electron chi connectivity index (χ0n) is 8.46. The Labute approximate surface area is 102 Å². The van der Waals surface area contributed by atoms with Crippen LogP contribution in [0.4, 0.5) is 0 Å². The van der Waals surface area contributed by atoms with E-state index >= 15 is 0 Å². The molecule has 2 rings (SSSR count). The number of thiophene rings is 1. The molecule has 0 atom stereocenters. The Morgan fingerprint density at radius 3 is 2.67 bits per heavy atom. The van der Waals surface area contributed by atoms with Crippen molar-refractivity contribution in [2.45, 2.75) is 13.5 Å². The molecule has 1 aromatic heterocycles. The van der Waals surface area contributed by atoms with Crippen molar-refractivity contribution in [3.63, 3.8) is 0 Å². The normalized spacial score (nSPS) is 10.6. The molecular formula is C12H12BrNS. The Balaban J connectivity index is 2.60. The van der Waals surface area contributed by atoms with E-state index in [1.165, 1.54) is 22.3 Å². The van der Waals surface area contributed by atoms with Gasteiger partial charge in [0.05, 0.1) is 0 Å². The Bertz CT molecular complexity index is 476. The van der Waals surface area contributed by atoms with Crippen LogP contribution in [0.1, 0.15) is 11.1 Å². The molecule has 1 nitrogen and oxygen atoms in total. The summed E-state index contributed by atoms with van der Waals surface area (Å²) in [4.78, 5) is 0. The Morgan fingerprint density at radius 1 is 1.27 bits per heavy atom. The van der Waals surface area contributed by atoms with Crippen LogP contribution in [-0.4, -0.2) is 0 Å². The second-order valence-corrected chi connectivity index (χ2v) is 5.10. The third kappa shape index (κ3) is 2.14. The number of rotatable bonds is 2. The second-order valence-electron chi connectivity index (χ2n) is 3.50. The van der Waals surface area contributed by atoms with Crippen molar-refractivity contribution >= 4 is 27.3 Å². The number of benzene rings is 1. The van der Waals surface area contributed by atoms with Crippen molar-refractivity contribution in [1.29, 1.82) is 0 Å². The summed E-state index contributed by atoms with van der Waals surface area (Å²) in [5.41, 5.74) is 10.7. The zero-order valence-corrected chi connectivity index (χ0v) is 10.9. The van der Waals surface area contributed by atoms with E-state index in [2.05, 4.69) is 51.8 Å². The summed E-state index contributed by atoms with van der Waals surface area (Å²) in [7, 11) is 0. The highest BCUT2D eigenvalue weighted by Crippen LogP contribution is 2.34. The SMILES string of the molecule is Cc1ccc(CN)c(-c2cscc2Br)c1. The number of hydrogen-bond acceptors (Lipinski definition) is 2. The molecule has 0 bridgehead atoms. The van der Waals surface area contributed by atoms with E-state index in [0.717, 1.165) is 4.47 Å². The van der Waals surface area contributed by atoms with Crippen molar-refractivity contribution in [3.8, 4) is 11.1 Å². The van der Waals surface area contributed by atoms with Crippen molar-refractivity contribution in [1.82, 2.24) is 0 Å². The summed E-state index contributed by atoms with van der Waals surface area (Å²) in [6, 6.07) is 6.40. The first kappa shape index (κ1) is 10.9. The maximum absolute atomic E-state index is 5.74. The summed E-state index contributed by atoms with van der Waals surface area (Å²) in [6.45, 7) is 2.68. The largest absolute Gasteiger partial charge is 0.326 e. The van der Waals surface area contributed by atoms with Gasteiger partial charge in [0.25, 0.3) is 0 Å². The predicted molar refractivity (Wildman–Crippen MR) is 70.1 cm³/mol. The molecule has 0 aliphatic rings. The monoisotopic (exact) mass is 281 g/mol. The molecule has 0 fully saturated rings.